The van der Waals surface area contributed by atoms with Gasteiger partial charge in [0.25, 0.3) is 0 Å². The van der Waals surface area contributed by atoms with Crippen LogP contribution >= 0.6 is 11.6 Å². The van der Waals surface area contributed by atoms with Crippen molar-refractivity contribution in [1.29, 1.82) is 0 Å². The first-order valence-corrected chi connectivity index (χ1v) is 4.75. The van der Waals surface area contributed by atoms with Gasteiger partial charge in [-0.2, -0.15) is 0 Å². The zero-order valence-corrected chi connectivity index (χ0v) is 8.93. The third-order valence-electron chi connectivity index (χ3n) is 1.92. The summed E-state index contributed by atoms with van der Waals surface area (Å²) in [6, 6.07) is 6.85. The second-order valence-electron chi connectivity index (χ2n) is 3.01. The van der Waals surface area contributed by atoms with Crippen molar-refractivity contribution in [2.75, 3.05) is 12.4 Å². The van der Waals surface area contributed by atoms with E-state index >= 15 is 0 Å². The molecule has 76 valence electrons. The van der Waals surface area contributed by atoms with E-state index in [-0.39, 0.29) is 11.9 Å². The van der Waals surface area contributed by atoms with E-state index in [9.17, 15) is 4.79 Å². The van der Waals surface area contributed by atoms with Crippen LogP contribution in [0.5, 0.6) is 0 Å². The Hall–Kier alpha value is -1.06. The topological polar surface area (TPSA) is 41.1 Å². The van der Waals surface area contributed by atoms with Crippen LogP contribution in [0.1, 0.15) is 6.92 Å². The van der Waals surface area contributed by atoms with Gasteiger partial charge in [-0.1, -0.05) is 17.7 Å². The first-order chi connectivity index (χ1) is 6.63. The molecule has 1 unspecified atom stereocenters. The van der Waals surface area contributed by atoms with Crippen molar-refractivity contribution in [2.24, 2.45) is 0 Å². The highest BCUT2D eigenvalue weighted by atomic mass is 35.5. The van der Waals surface area contributed by atoms with Gasteiger partial charge in [0.15, 0.2) is 0 Å². The number of hydrogen-bond acceptors (Lipinski definition) is 2. The Morgan fingerprint density at radius 3 is 2.79 bits per heavy atom. The minimum atomic E-state index is -0.214. The summed E-state index contributed by atoms with van der Waals surface area (Å²) in [5.41, 5.74) is 0.713. The number of anilines is 1. The van der Waals surface area contributed by atoms with E-state index in [0.29, 0.717) is 10.7 Å². The summed E-state index contributed by atoms with van der Waals surface area (Å²) >= 11 is 5.77. The molecule has 0 aliphatic carbocycles. The van der Waals surface area contributed by atoms with E-state index in [0.717, 1.165) is 0 Å². The molecule has 1 aromatic carbocycles. The van der Waals surface area contributed by atoms with E-state index in [1.165, 1.54) is 0 Å². The third kappa shape index (κ3) is 3.01. The number of amides is 1. The molecule has 0 saturated heterocycles. The molecular weight excluding hydrogens is 200 g/mol. The van der Waals surface area contributed by atoms with Crippen LogP contribution in [0.15, 0.2) is 24.3 Å². The van der Waals surface area contributed by atoms with Crippen molar-refractivity contribution in [2.45, 2.75) is 13.0 Å². The lowest BCUT2D eigenvalue weighted by molar-refractivity contribution is -0.117. The van der Waals surface area contributed by atoms with Crippen LogP contribution in [0.2, 0.25) is 5.02 Å². The lowest BCUT2D eigenvalue weighted by Crippen LogP contribution is -2.35. The smallest absolute Gasteiger partial charge is 0.241 e. The fourth-order valence-corrected chi connectivity index (χ4v) is 1.14. The Morgan fingerprint density at radius 1 is 1.50 bits per heavy atom. The largest absolute Gasteiger partial charge is 0.325 e. The summed E-state index contributed by atoms with van der Waals surface area (Å²) in [6.07, 6.45) is 0. The Bertz CT molecular complexity index is 328. The number of rotatable bonds is 3. The molecule has 1 atom stereocenters. The standard InChI is InChI=1S/C10H13ClN2O/c1-7(12-2)10(14)13-9-5-3-4-8(11)6-9/h3-7,12H,1-2H3,(H,13,14). The second kappa shape index (κ2) is 4.98. The highest BCUT2D eigenvalue weighted by Gasteiger charge is 2.09. The van der Waals surface area contributed by atoms with E-state index < -0.39 is 0 Å². The third-order valence-corrected chi connectivity index (χ3v) is 2.15. The second-order valence-corrected chi connectivity index (χ2v) is 3.45. The molecular formula is C10H13ClN2O. The summed E-state index contributed by atoms with van der Waals surface area (Å²) in [5.74, 6) is -0.0743. The summed E-state index contributed by atoms with van der Waals surface area (Å²) in [5, 5.41) is 6.21. The van der Waals surface area contributed by atoms with Gasteiger partial charge in [-0.3, -0.25) is 4.79 Å². The maximum atomic E-state index is 11.4. The lowest BCUT2D eigenvalue weighted by atomic mass is 10.3. The maximum absolute atomic E-state index is 11.4. The van der Waals surface area contributed by atoms with Gasteiger partial charge in [0.1, 0.15) is 0 Å². The molecule has 1 amide bonds. The molecule has 0 saturated carbocycles. The van der Waals surface area contributed by atoms with E-state index in [1.807, 2.05) is 0 Å². The zero-order chi connectivity index (χ0) is 10.6. The Kier molecular flexibility index (Phi) is 3.92. The van der Waals surface area contributed by atoms with Gasteiger partial charge >= 0.3 is 0 Å². The minimum Gasteiger partial charge on any atom is -0.325 e. The van der Waals surface area contributed by atoms with Gasteiger partial charge < -0.3 is 10.6 Å². The first kappa shape index (κ1) is 11.0. The first-order valence-electron chi connectivity index (χ1n) is 4.37. The van der Waals surface area contributed by atoms with Crippen LogP contribution in [0.4, 0.5) is 5.69 Å². The molecule has 0 aliphatic rings. The van der Waals surface area contributed by atoms with Gasteiger partial charge in [0.2, 0.25) is 5.91 Å². The van der Waals surface area contributed by atoms with Gasteiger partial charge in [-0.15, -0.1) is 0 Å². The van der Waals surface area contributed by atoms with Gasteiger partial charge in [0.05, 0.1) is 6.04 Å². The lowest BCUT2D eigenvalue weighted by Gasteiger charge is -2.10. The number of nitrogens with one attached hydrogen (secondary N) is 2. The zero-order valence-electron chi connectivity index (χ0n) is 8.17. The molecule has 0 bridgehead atoms. The fraction of sp³-hybridized carbons (Fsp3) is 0.300. The number of carbonyl (C=O) groups excluding carboxylic acids is 1. The molecule has 0 aromatic heterocycles. The Morgan fingerprint density at radius 2 is 2.21 bits per heavy atom. The summed E-state index contributed by atoms with van der Waals surface area (Å²) in [4.78, 5) is 11.4. The number of carbonyl (C=O) groups is 1. The summed E-state index contributed by atoms with van der Waals surface area (Å²) in [6.45, 7) is 1.79. The van der Waals surface area contributed by atoms with Gasteiger partial charge in [-0.05, 0) is 32.2 Å². The average molecular weight is 213 g/mol. The van der Waals surface area contributed by atoms with E-state index in [4.69, 9.17) is 11.6 Å². The van der Waals surface area contributed by atoms with Crippen LogP contribution in [0.25, 0.3) is 0 Å². The highest BCUT2D eigenvalue weighted by molar-refractivity contribution is 6.30. The fourth-order valence-electron chi connectivity index (χ4n) is 0.948. The van der Waals surface area contributed by atoms with Crippen molar-refractivity contribution < 1.29 is 4.79 Å². The molecule has 14 heavy (non-hydrogen) atoms. The summed E-state index contributed by atoms with van der Waals surface area (Å²) < 4.78 is 0. The van der Waals surface area contributed by atoms with Crippen LogP contribution in [-0.2, 0) is 4.79 Å². The predicted molar refractivity (Wildman–Crippen MR) is 58.6 cm³/mol. The molecule has 1 rings (SSSR count). The van der Waals surface area contributed by atoms with Crippen molar-refractivity contribution in [3.05, 3.63) is 29.3 Å². The number of halogens is 1. The van der Waals surface area contributed by atoms with Crippen molar-refractivity contribution in [3.8, 4) is 0 Å². The number of hydrogen-bond donors (Lipinski definition) is 2. The molecule has 3 nitrogen and oxygen atoms in total. The molecule has 0 heterocycles. The van der Waals surface area contributed by atoms with Gasteiger partial charge in [0, 0.05) is 10.7 Å². The molecule has 0 spiro atoms. The van der Waals surface area contributed by atoms with Crippen molar-refractivity contribution in [1.82, 2.24) is 5.32 Å². The van der Waals surface area contributed by atoms with E-state index in [2.05, 4.69) is 10.6 Å². The van der Waals surface area contributed by atoms with Crippen molar-refractivity contribution in [3.63, 3.8) is 0 Å². The number of likely N-dealkylation sites (N-methyl/N-ethyl adjacent to an activating group) is 1. The Labute approximate surface area is 88.5 Å². The van der Waals surface area contributed by atoms with Gasteiger partial charge in [-0.25, -0.2) is 0 Å². The summed E-state index contributed by atoms with van der Waals surface area (Å²) in [7, 11) is 1.74. The SMILES string of the molecule is CNC(C)C(=O)Nc1cccc(Cl)c1. The molecule has 2 N–H and O–H groups in total. The molecule has 0 fully saturated rings. The van der Waals surface area contributed by atoms with Crippen LogP contribution < -0.4 is 10.6 Å². The predicted octanol–water partition coefficient (Wildman–Crippen LogP) is 1.89. The van der Waals surface area contributed by atoms with Crippen LogP contribution in [-0.4, -0.2) is 19.0 Å². The molecule has 4 heteroatoms. The van der Waals surface area contributed by atoms with Crippen molar-refractivity contribution >= 4 is 23.2 Å². The molecule has 1 aromatic rings. The monoisotopic (exact) mass is 212 g/mol. The number of benzene rings is 1. The normalized spacial score (nSPS) is 12.2. The Balaban J connectivity index is 2.65. The average Bonchev–Trinajstić information content (AvgIpc) is 2.16. The molecule has 0 aliphatic heterocycles. The van der Waals surface area contributed by atoms with Crippen LogP contribution in [0, 0.1) is 0 Å². The highest BCUT2D eigenvalue weighted by Crippen LogP contribution is 2.14. The van der Waals surface area contributed by atoms with E-state index in [1.54, 1.807) is 38.2 Å². The minimum absolute atomic E-state index is 0.0743. The molecule has 0 radical (unpaired) electrons. The maximum Gasteiger partial charge on any atom is 0.241 e. The quantitative estimate of drug-likeness (QED) is 0.804. The van der Waals surface area contributed by atoms with Crippen LogP contribution in [0.3, 0.4) is 0 Å².